The largest absolute Gasteiger partial charge is 0.373 e. The first-order valence-corrected chi connectivity index (χ1v) is 8.91. The highest BCUT2D eigenvalue weighted by atomic mass is 32.1. The molecule has 1 aliphatic carbocycles. The van der Waals surface area contributed by atoms with Crippen molar-refractivity contribution in [2.24, 2.45) is 5.92 Å². The van der Waals surface area contributed by atoms with E-state index in [1.807, 2.05) is 11.3 Å². The smallest absolute Gasteiger partial charge is 0.0876 e. The molecule has 0 radical (unpaired) electrons. The first kappa shape index (κ1) is 16.0. The minimum Gasteiger partial charge on any atom is -0.373 e. The molecule has 0 saturated heterocycles. The molecule has 0 bridgehead atoms. The Morgan fingerprint density at radius 2 is 2.10 bits per heavy atom. The van der Waals surface area contributed by atoms with E-state index < -0.39 is 0 Å². The maximum Gasteiger partial charge on any atom is 0.0876 e. The molecular formula is C17H29NOS. The van der Waals surface area contributed by atoms with Gasteiger partial charge < -0.3 is 10.1 Å². The van der Waals surface area contributed by atoms with Crippen molar-refractivity contribution in [1.29, 1.82) is 0 Å². The molecule has 1 unspecified atom stereocenters. The van der Waals surface area contributed by atoms with Crippen molar-refractivity contribution in [2.75, 3.05) is 13.2 Å². The van der Waals surface area contributed by atoms with E-state index in [9.17, 15) is 0 Å². The SMILES string of the molecule is CCNC(c1csc(C)c1)C1(OCC)CCC(C)CC1. The summed E-state index contributed by atoms with van der Waals surface area (Å²) in [7, 11) is 0. The fourth-order valence-electron chi connectivity index (χ4n) is 3.48. The van der Waals surface area contributed by atoms with E-state index >= 15 is 0 Å². The molecule has 0 aliphatic heterocycles. The van der Waals surface area contributed by atoms with Gasteiger partial charge in [0.2, 0.25) is 0 Å². The summed E-state index contributed by atoms with van der Waals surface area (Å²) in [6.45, 7) is 10.7. The molecule has 20 heavy (non-hydrogen) atoms. The number of rotatable bonds is 6. The molecule has 3 heteroatoms. The molecule has 1 atom stereocenters. The van der Waals surface area contributed by atoms with Gasteiger partial charge in [-0.1, -0.05) is 13.8 Å². The molecule has 0 amide bonds. The summed E-state index contributed by atoms with van der Waals surface area (Å²) in [6, 6.07) is 2.67. The minimum atomic E-state index is -0.00914. The van der Waals surface area contributed by atoms with Gasteiger partial charge in [0.05, 0.1) is 11.6 Å². The lowest BCUT2D eigenvalue weighted by Gasteiger charge is -2.45. The first-order valence-electron chi connectivity index (χ1n) is 8.03. The molecule has 2 rings (SSSR count). The van der Waals surface area contributed by atoms with Gasteiger partial charge in [-0.25, -0.2) is 0 Å². The number of nitrogens with one attached hydrogen (secondary N) is 1. The molecule has 1 saturated carbocycles. The van der Waals surface area contributed by atoms with Gasteiger partial charge in [0.1, 0.15) is 0 Å². The lowest BCUT2D eigenvalue weighted by molar-refractivity contribution is -0.0972. The van der Waals surface area contributed by atoms with Crippen molar-refractivity contribution in [3.63, 3.8) is 0 Å². The molecule has 114 valence electrons. The van der Waals surface area contributed by atoms with Crippen LogP contribution in [0.5, 0.6) is 0 Å². The number of ether oxygens (including phenoxy) is 1. The van der Waals surface area contributed by atoms with Gasteiger partial charge in [0, 0.05) is 11.5 Å². The highest BCUT2D eigenvalue weighted by molar-refractivity contribution is 7.10. The van der Waals surface area contributed by atoms with Crippen LogP contribution in [0.3, 0.4) is 0 Å². The fourth-order valence-corrected chi connectivity index (χ4v) is 4.21. The predicted octanol–water partition coefficient (Wildman–Crippen LogP) is 4.69. The molecular weight excluding hydrogens is 266 g/mol. The van der Waals surface area contributed by atoms with Gasteiger partial charge in [-0.3, -0.25) is 0 Å². The molecule has 2 nitrogen and oxygen atoms in total. The number of likely N-dealkylation sites (N-methyl/N-ethyl adjacent to an activating group) is 1. The topological polar surface area (TPSA) is 21.3 Å². The second kappa shape index (κ2) is 7.06. The molecule has 0 aromatic carbocycles. The lowest BCUT2D eigenvalue weighted by Crippen LogP contribution is -2.48. The monoisotopic (exact) mass is 295 g/mol. The second-order valence-electron chi connectivity index (χ2n) is 6.16. The van der Waals surface area contributed by atoms with Crippen molar-refractivity contribution in [3.8, 4) is 0 Å². The van der Waals surface area contributed by atoms with E-state index in [0.717, 1.165) is 19.1 Å². The Hall–Kier alpha value is -0.380. The summed E-state index contributed by atoms with van der Waals surface area (Å²) in [5, 5.41) is 6.01. The Kier molecular flexibility index (Phi) is 5.65. The van der Waals surface area contributed by atoms with Crippen molar-refractivity contribution < 1.29 is 4.74 Å². The molecule has 1 aromatic heterocycles. The van der Waals surface area contributed by atoms with Crippen LogP contribution in [0.4, 0.5) is 0 Å². The quantitative estimate of drug-likeness (QED) is 0.822. The number of aryl methyl sites for hydroxylation is 1. The van der Waals surface area contributed by atoms with Gasteiger partial charge in [-0.15, -0.1) is 11.3 Å². The van der Waals surface area contributed by atoms with Gasteiger partial charge in [0.25, 0.3) is 0 Å². The van der Waals surface area contributed by atoms with Crippen LogP contribution >= 0.6 is 11.3 Å². The molecule has 1 N–H and O–H groups in total. The van der Waals surface area contributed by atoms with Crippen molar-refractivity contribution in [1.82, 2.24) is 5.32 Å². The highest BCUT2D eigenvalue weighted by Crippen LogP contribution is 2.44. The summed E-state index contributed by atoms with van der Waals surface area (Å²) in [4.78, 5) is 1.39. The van der Waals surface area contributed by atoms with E-state index in [1.165, 1.54) is 36.1 Å². The third-order valence-corrected chi connectivity index (χ3v) is 5.45. The number of hydrogen-bond acceptors (Lipinski definition) is 3. The van der Waals surface area contributed by atoms with Crippen LogP contribution in [0.15, 0.2) is 11.4 Å². The highest BCUT2D eigenvalue weighted by Gasteiger charge is 2.42. The van der Waals surface area contributed by atoms with Crippen molar-refractivity contribution >= 4 is 11.3 Å². The number of thiophene rings is 1. The second-order valence-corrected chi connectivity index (χ2v) is 7.28. The Bertz CT molecular complexity index is 407. The van der Waals surface area contributed by atoms with Crippen LogP contribution in [0.25, 0.3) is 0 Å². The minimum absolute atomic E-state index is 0.00914. The Balaban J connectivity index is 2.27. The average Bonchev–Trinajstić information content (AvgIpc) is 2.85. The predicted molar refractivity (Wildman–Crippen MR) is 87.5 cm³/mol. The molecule has 1 fully saturated rings. The van der Waals surface area contributed by atoms with Crippen LogP contribution in [-0.4, -0.2) is 18.8 Å². The van der Waals surface area contributed by atoms with E-state index in [-0.39, 0.29) is 5.60 Å². The Morgan fingerprint density at radius 1 is 1.40 bits per heavy atom. The fraction of sp³-hybridized carbons (Fsp3) is 0.765. The molecule has 1 aromatic rings. The zero-order valence-electron chi connectivity index (χ0n) is 13.4. The normalized spacial score (nSPS) is 28.5. The maximum atomic E-state index is 6.34. The van der Waals surface area contributed by atoms with Gasteiger partial charge in [-0.2, -0.15) is 0 Å². The van der Waals surface area contributed by atoms with E-state index in [4.69, 9.17) is 4.74 Å². The first-order chi connectivity index (χ1) is 9.61. The standard InChI is InChI=1S/C17H29NOS/c1-5-18-16(15-11-14(4)20-12-15)17(19-6-2)9-7-13(3)8-10-17/h11-13,16,18H,5-10H2,1-4H3. The Labute approximate surface area is 127 Å². The average molecular weight is 295 g/mol. The Morgan fingerprint density at radius 3 is 2.60 bits per heavy atom. The van der Waals surface area contributed by atoms with E-state index in [0.29, 0.717) is 6.04 Å². The van der Waals surface area contributed by atoms with Gasteiger partial charge in [-0.05, 0) is 69.0 Å². The lowest BCUT2D eigenvalue weighted by atomic mass is 9.73. The summed E-state index contributed by atoms with van der Waals surface area (Å²) in [5.74, 6) is 0.843. The van der Waals surface area contributed by atoms with Crippen LogP contribution in [0.2, 0.25) is 0 Å². The van der Waals surface area contributed by atoms with Gasteiger partial charge in [0.15, 0.2) is 0 Å². The van der Waals surface area contributed by atoms with Crippen LogP contribution in [0, 0.1) is 12.8 Å². The molecule has 0 spiro atoms. The van der Waals surface area contributed by atoms with Crippen LogP contribution in [0.1, 0.15) is 62.9 Å². The van der Waals surface area contributed by atoms with Crippen molar-refractivity contribution in [3.05, 3.63) is 21.9 Å². The number of hydrogen-bond donors (Lipinski definition) is 1. The summed E-state index contributed by atoms with van der Waals surface area (Å²) < 4.78 is 6.34. The van der Waals surface area contributed by atoms with Crippen molar-refractivity contribution in [2.45, 2.75) is 65.0 Å². The summed E-state index contributed by atoms with van der Waals surface area (Å²) in [5.41, 5.74) is 1.41. The third kappa shape index (κ3) is 3.44. The summed E-state index contributed by atoms with van der Waals surface area (Å²) in [6.07, 6.45) is 4.92. The maximum absolute atomic E-state index is 6.34. The molecule has 1 aliphatic rings. The van der Waals surface area contributed by atoms with Crippen LogP contribution in [-0.2, 0) is 4.74 Å². The third-order valence-electron chi connectivity index (χ3n) is 4.57. The zero-order chi connectivity index (χ0) is 14.6. The van der Waals surface area contributed by atoms with E-state index in [2.05, 4.69) is 44.5 Å². The molecule has 1 heterocycles. The van der Waals surface area contributed by atoms with Crippen LogP contribution < -0.4 is 5.32 Å². The van der Waals surface area contributed by atoms with Gasteiger partial charge >= 0.3 is 0 Å². The zero-order valence-corrected chi connectivity index (χ0v) is 14.2. The summed E-state index contributed by atoms with van der Waals surface area (Å²) >= 11 is 1.84. The van der Waals surface area contributed by atoms with E-state index in [1.54, 1.807) is 0 Å².